The van der Waals surface area contributed by atoms with Crippen molar-refractivity contribution in [2.45, 2.75) is 31.8 Å². The number of hydrogen-bond acceptors (Lipinski definition) is 2. The van der Waals surface area contributed by atoms with Gasteiger partial charge < -0.3 is 5.32 Å². The van der Waals surface area contributed by atoms with Gasteiger partial charge in [0.1, 0.15) is 5.54 Å². The van der Waals surface area contributed by atoms with E-state index in [-0.39, 0.29) is 18.5 Å². The van der Waals surface area contributed by atoms with Crippen LogP contribution in [-0.4, -0.2) is 22.4 Å². The molecule has 4 nitrogen and oxygen atoms in total. The number of imide groups is 1. The minimum atomic E-state index is -0.862. The van der Waals surface area contributed by atoms with E-state index in [4.69, 9.17) is 11.6 Å². The van der Waals surface area contributed by atoms with E-state index in [0.29, 0.717) is 11.4 Å². The van der Waals surface area contributed by atoms with Crippen molar-refractivity contribution in [3.63, 3.8) is 0 Å². The standard InChI is InChI=1S/C19H19ClN2O2/c1-19(12-11-14-5-3-2-4-6-14)17(23)22(18(24)21-19)13-15-7-9-16(20)10-8-15/h2-10H,11-13H2,1H3,(H,21,24)/t19-/m1/s1. The largest absolute Gasteiger partial charge is 0.325 e. The van der Waals surface area contributed by atoms with Crippen LogP contribution in [0, 0.1) is 0 Å². The summed E-state index contributed by atoms with van der Waals surface area (Å²) < 4.78 is 0. The first kappa shape index (κ1) is 16.5. The Labute approximate surface area is 146 Å². The molecule has 1 fully saturated rings. The summed E-state index contributed by atoms with van der Waals surface area (Å²) in [7, 11) is 0. The first-order chi connectivity index (χ1) is 11.5. The molecule has 0 saturated carbocycles. The molecule has 1 saturated heterocycles. The van der Waals surface area contributed by atoms with Crippen molar-refractivity contribution in [3.8, 4) is 0 Å². The van der Waals surface area contributed by atoms with Crippen LogP contribution < -0.4 is 5.32 Å². The van der Waals surface area contributed by atoms with E-state index in [1.165, 1.54) is 4.90 Å². The Kier molecular flexibility index (Phi) is 4.58. The molecule has 1 aliphatic heterocycles. The van der Waals surface area contributed by atoms with Crippen molar-refractivity contribution >= 4 is 23.5 Å². The Hall–Kier alpha value is -2.33. The average molecular weight is 343 g/mol. The molecule has 2 aromatic carbocycles. The highest BCUT2D eigenvalue weighted by molar-refractivity contribution is 6.30. The maximum absolute atomic E-state index is 12.7. The second-order valence-corrected chi connectivity index (χ2v) is 6.70. The van der Waals surface area contributed by atoms with Crippen molar-refractivity contribution in [1.82, 2.24) is 10.2 Å². The molecule has 3 amide bonds. The van der Waals surface area contributed by atoms with E-state index in [2.05, 4.69) is 5.32 Å². The monoisotopic (exact) mass is 342 g/mol. The number of hydrogen-bond donors (Lipinski definition) is 1. The summed E-state index contributed by atoms with van der Waals surface area (Å²) in [4.78, 5) is 26.3. The summed E-state index contributed by atoms with van der Waals surface area (Å²) in [5.41, 5.74) is 1.16. The third-order valence-corrected chi connectivity index (χ3v) is 4.61. The Bertz CT molecular complexity index is 746. The molecule has 1 heterocycles. The van der Waals surface area contributed by atoms with Gasteiger partial charge in [0.05, 0.1) is 6.54 Å². The molecule has 1 N–H and O–H groups in total. The fourth-order valence-electron chi connectivity index (χ4n) is 2.87. The van der Waals surface area contributed by atoms with E-state index in [1.54, 1.807) is 19.1 Å². The maximum atomic E-state index is 12.7. The molecular formula is C19H19ClN2O2. The Morgan fingerprint density at radius 3 is 2.33 bits per heavy atom. The van der Waals surface area contributed by atoms with Crippen molar-refractivity contribution in [2.75, 3.05) is 0 Å². The lowest BCUT2D eigenvalue weighted by Gasteiger charge is -2.21. The van der Waals surface area contributed by atoms with Crippen LogP contribution in [0.3, 0.4) is 0 Å². The van der Waals surface area contributed by atoms with Gasteiger partial charge in [0.25, 0.3) is 5.91 Å². The van der Waals surface area contributed by atoms with E-state index < -0.39 is 5.54 Å². The maximum Gasteiger partial charge on any atom is 0.325 e. The summed E-state index contributed by atoms with van der Waals surface area (Å²) in [6.07, 6.45) is 1.30. The van der Waals surface area contributed by atoms with E-state index in [0.717, 1.165) is 17.5 Å². The molecule has 1 atom stereocenters. The SMILES string of the molecule is C[C@]1(CCc2ccccc2)NC(=O)N(Cc2ccc(Cl)cc2)C1=O. The van der Waals surface area contributed by atoms with Gasteiger partial charge in [-0.2, -0.15) is 0 Å². The molecule has 24 heavy (non-hydrogen) atoms. The van der Waals surface area contributed by atoms with Gasteiger partial charge in [0.2, 0.25) is 0 Å². The van der Waals surface area contributed by atoms with Gasteiger partial charge in [0, 0.05) is 5.02 Å². The summed E-state index contributed by atoms with van der Waals surface area (Å²) in [6.45, 7) is 2.04. The van der Waals surface area contributed by atoms with Crippen LogP contribution in [0.15, 0.2) is 54.6 Å². The number of nitrogens with zero attached hydrogens (tertiary/aromatic N) is 1. The molecule has 0 bridgehead atoms. The molecule has 0 aromatic heterocycles. The third-order valence-electron chi connectivity index (χ3n) is 4.36. The lowest BCUT2D eigenvalue weighted by Crippen LogP contribution is -2.44. The van der Waals surface area contributed by atoms with Crippen LogP contribution in [0.25, 0.3) is 0 Å². The fraction of sp³-hybridized carbons (Fsp3) is 0.263. The van der Waals surface area contributed by atoms with Gasteiger partial charge in [-0.15, -0.1) is 0 Å². The van der Waals surface area contributed by atoms with Crippen molar-refractivity contribution in [3.05, 3.63) is 70.7 Å². The number of rotatable bonds is 5. The predicted octanol–water partition coefficient (Wildman–Crippen LogP) is 3.78. The highest BCUT2D eigenvalue weighted by Crippen LogP contribution is 2.25. The minimum Gasteiger partial charge on any atom is -0.323 e. The average Bonchev–Trinajstić information content (AvgIpc) is 2.80. The lowest BCUT2D eigenvalue weighted by molar-refractivity contribution is -0.131. The first-order valence-electron chi connectivity index (χ1n) is 7.90. The zero-order valence-electron chi connectivity index (χ0n) is 13.5. The van der Waals surface area contributed by atoms with Gasteiger partial charge in [0.15, 0.2) is 0 Å². The van der Waals surface area contributed by atoms with E-state index in [1.807, 2.05) is 42.5 Å². The number of carbonyl (C=O) groups excluding carboxylic acids is 2. The van der Waals surface area contributed by atoms with Gasteiger partial charge >= 0.3 is 6.03 Å². The van der Waals surface area contributed by atoms with Crippen molar-refractivity contribution in [2.24, 2.45) is 0 Å². The summed E-state index contributed by atoms with van der Waals surface area (Å²) >= 11 is 5.87. The van der Waals surface area contributed by atoms with Crippen molar-refractivity contribution < 1.29 is 9.59 Å². The highest BCUT2D eigenvalue weighted by Gasteiger charge is 2.47. The van der Waals surface area contributed by atoms with Crippen LogP contribution in [0.4, 0.5) is 4.79 Å². The Morgan fingerprint density at radius 2 is 1.67 bits per heavy atom. The Balaban J connectivity index is 1.69. The van der Waals surface area contributed by atoms with Gasteiger partial charge in [-0.1, -0.05) is 54.1 Å². The van der Waals surface area contributed by atoms with E-state index in [9.17, 15) is 9.59 Å². The molecule has 0 spiro atoms. The van der Waals surface area contributed by atoms with Crippen LogP contribution in [0.2, 0.25) is 5.02 Å². The van der Waals surface area contributed by atoms with Crippen LogP contribution >= 0.6 is 11.6 Å². The molecule has 0 unspecified atom stereocenters. The van der Waals surface area contributed by atoms with Crippen LogP contribution in [0.5, 0.6) is 0 Å². The van der Waals surface area contributed by atoms with Gasteiger partial charge in [-0.05, 0) is 43.0 Å². The number of halogens is 1. The highest BCUT2D eigenvalue weighted by atomic mass is 35.5. The zero-order valence-corrected chi connectivity index (χ0v) is 14.2. The minimum absolute atomic E-state index is 0.182. The quantitative estimate of drug-likeness (QED) is 0.840. The smallest absolute Gasteiger partial charge is 0.323 e. The number of amides is 3. The first-order valence-corrected chi connectivity index (χ1v) is 8.28. The third kappa shape index (κ3) is 3.44. The van der Waals surface area contributed by atoms with Crippen LogP contribution in [-0.2, 0) is 17.8 Å². The van der Waals surface area contributed by atoms with Gasteiger partial charge in [-0.3, -0.25) is 9.69 Å². The number of urea groups is 1. The number of benzene rings is 2. The second kappa shape index (κ2) is 6.65. The van der Waals surface area contributed by atoms with Crippen LogP contribution in [0.1, 0.15) is 24.5 Å². The molecule has 1 aliphatic rings. The Morgan fingerprint density at radius 1 is 1.00 bits per heavy atom. The number of aryl methyl sites for hydroxylation is 1. The predicted molar refractivity (Wildman–Crippen MR) is 93.7 cm³/mol. The van der Waals surface area contributed by atoms with E-state index >= 15 is 0 Å². The fourth-order valence-corrected chi connectivity index (χ4v) is 3.00. The molecule has 5 heteroatoms. The number of nitrogens with one attached hydrogen (secondary N) is 1. The normalized spacial score (nSPS) is 20.3. The topological polar surface area (TPSA) is 49.4 Å². The lowest BCUT2D eigenvalue weighted by atomic mass is 9.93. The molecule has 124 valence electrons. The molecular weight excluding hydrogens is 324 g/mol. The summed E-state index contributed by atoms with van der Waals surface area (Å²) in [5, 5.41) is 3.47. The zero-order chi connectivity index (χ0) is 17.2. The number of carbonyl (C=O) groups is 2. The van der Waals surface area contributed by atoms with Gasteiger partial charge in [-0.25, -0.2) is 4.79 Å². The van der Waals surface area contributed by atoms with Crippen molar-refractivity contribution in [1.29, 1.82) is 0 Å². The molecule has 0 aliphatic carbocycles. The molecule has 0 radical (unpaired) electrons. The molecule has 2 aromatic rings. The summed E-state index contributed by atoms with van der Waals surface area (Å²) in [6, 6.07) is 16.8. The summed E-state index contributed by atoms with van der Waals surface area (Å²) in [5.74, 6) is -0.182. The second-order valence-electron chi connectivity index (χ2n) is 6.27. The molecule has 3 rings (SSSR count).